The van der Waals surface area contributed by atoms with Crippen LogP contribution in [0, 0.1) is 5.41 Å². The first-order chi connectivity index (χ1) is 10.2. The average molecular weight is 289 g/mol. The minimum atomic E-state index is -0.628. The Morgan fingerprint density at radius 3 is 2.76 bits per heavy atom. The van der Waals surface area contributed by atoms with Gasteiger partial charge in [0, 0.05) is 18.0 Å². The van der Waals surface area contributed by atoms with Gasteiger partial charge in [0.05, 0.1) is 12.0 Å². The van der Waals surface area contributed by atoms with Gasteiger partial charge in [0.25, 0.3) is 0 Å². The Bertz CT molecular complexity index is 521. The van der Waals surface area contributed by atoms with Gasteiger partial charge in [-0.15, -0.1) is 0 Å². The fraction of sp³-hybridized carbons (Fsp3) is 0.588. The van der Waals surface area contributed by atoms with Crippen molar-refractivity contribution in [3.8, 4) is 5.75 Å². The van der Waals surface area contributed by atoms with Crippen molar-refractivity contribution >= 4 is 5.97 Å². The third kappa shape index (κ3) is 2.53. The average Bonchev–Trinajstić information content (AvgIpc) is 2.54. The summed E-state index contributed by atoms with van der Waals surface area (Å²) in [6.07, 6.45) is 3.21. The fourth-order valence-corrected chi connectivity index (χ4v) is 3.68. The molecule has 0 aromatic heterocycles. The van der Waals surface area contributed by atoms with Crippen molar-refractivity contribution in [2.45, 2.75) is 38.6 Å². The summed E-state index contributed by atoms with van der Waals surface area (Å²) in [7, 11) is 0. The molecule has 1 aromatic rings. The van der Waals surface area contributed by atoms with Crippen LogP contribution in [0.1, 0.15) is 44.2 Å². The van der Waals surface area contributed by atoms with E-state index in [9.17, 15) is 9.90 Å². The number of rotatable bonds is 3. The zero-order chi connectivity index (χ0) is 14.9. The molecule has 1 aromatic carbocycles. The molecule has 4 heteroatoms. The standard InChI is InChI=1S/C17H23NO3/c1-2-17(16(19)20)8-10-18(11-9-17)14-7-12-21-15-6-4-3-5-13(14)15/h3-6,14H,2,7-12H2,1H3,(H,19,20). The van der Waals surface area contributed by atoms with Crippen molar-refractivity contribution < 1.29 is 14.6 Å². The topological polar surface area (TPSA) is 49.8 Å². The number of carboxylic acids is 1. The summed E-state index contributed by atoms with van der Waals surface area (Å²) in [6.45, 7) is 4.46. The minimum Gasteiger partial charge on any atom is -0.493 e. The first-order valence-electron chi connectivity index (χ1n) is 7.85. The molecule has 1 unspecified atom stereocenters. The van der Waals surface area contributed by atoms with Gasteiger partial charge in [0.2, 0.25) is 0 Å². The lowest BCUT2D eigenvalue weighted by molar-refractivity contribution is -0.152. The van der Waals surface area contributed by atoms with Gasteiger partial charge in [-0.3, -0.25) is 9.69 Å². The quantitative estimate of drug-likeness (QED) is 0.929. The van der Waals surface area contributed by atoms with E-state index < -0.39 is 11.4 Å². The van der Waals surface area contributed by atoms with Gasteiger partial charge in [0.1, 0.15) is 5.75 Å². The smallest absolute Gasteiger partial charge is 0.309 e. The van der Waals surface area contributed by atoms with Gasteiger partial charge < -0.3 is 9.84 Å². The molecule has 4 nitrogen and oxygen atoms in total. The number of fused-ring (bicyclic) bond motifs is 1. The molecule has 1 saturated heterocycles. The van der Waals surface area contributed by atoms with E-state index in [-0.39, 0.29) is 0 Å². The van der Waals surface area contributed by atoms with Crippen molar-refractivity contribution in [3.63, 3.8) is 0 Å². The van der Waals surface area contributed by atoms with Crippen LogP contribution in [0.25, 0.3) is 0 Å². The molecular formula is C17H23NO3. The highest BCUT2D eigenvalue weighted by Crippen LogP contribution is 2.41. The van der Waals surface area contributed by atoms with E-state index in [1.165, 1.54) is 5.56 Å². The lowest BCUT2D eigenvalue weighted by atomic mass is 9.75. The summed E-state index contributed by atoms with van der Waals surface area (Å²) in [5.41, 5.74) is 0.740. The monoisotopic (exact) mass is 289 g/mol. The van der Waals surface area contributed by atoms with Gasteiger partial charge in [0.15, 0.2) is 0 Å². The summed E-state index contributed by atoms with van der Waals surface area (Å²) >= 11 is 0. The van der Waals surface area contributed by atoms with Gasteiger partial charge in [-0.25, -0.2) is 0 Å². The molecule has 0 bridgehead atoms. The predicted octanol–water partition coefficient (Wildman–Crippen LogP) is 3.09. The summed E-state index contributed by atoms with van der Waals surface area (Å²) in [5.74, 6) is 0.358. The van der Waals surface area contributed by atoms with E-state index in [0.717, 1.165) is 51.1 Å². The number of para-hydroxylation sites is 1. The molecule has 21 heavy (non-hydrogen) atoms. The molecule has 0 amide bonds. The molecule has 0 aliphatic carbocycles. The maximum Gasteiger partial charge on any atom is 0.309 e. The van der Waals surface area contributed by atoms with Crippen LogP contribution >= 0.6 is 0 Å². The number of carboxylic acid groups (broad SMARTS) is 1. The van der Waals surface area contributed by atoms with Crippen LogP contribution in [0.2, 0.25) is 0 Å². The minimum absolute atomic E-state index is 0.374. The second kappa shape index (κ2) is 5.68. The van der Waals surface area contributed by atoms with E-state index in [1.807, 2.05) is 19.1 Å². The summed E-state index contributed by atoms with van der Waals surface area (Å²) < 4.78 is 5.72. The first-order valence-corrected chi connectivity index (χ1v) is 7.85. The molecule has 114 valence electrons. The highest BCUT2D eigenvalue weighted by Gasteiger charge is 2.41. The van der Waals surface area contributed by atoms with Crippen molar-refractivity contribution in [1.29, 1.82) is 0 Å². The number of ether oxygens (including phenoxy) is 1. The van der Waals surface area contributed by atoms with Crippen LogP contribution in [0.3, 0.4) is 0 Å². The fourth-order valence-electron chi connectivity index (χ4n) is 3.68. The lowest BCUT2D eigenvalue weighted by Gasteiger charge is -2.43. The Morgan fingerprint density at radius 2 is 2.10 bits per heavy atom. The van der Waals surface area contributed by atoms with Gasteiger partial charge in [-0.2, -0.15) is 0 Å². The maximum atomic E-state index is 11.6. The molecular weight excluding hydrogens is 266 g/mol. The van der Waals surface area contributed by atoms with Crippen LogP contribution < -0.4 is 4.74 Å². The van der Waals surface area contributed by atoms with Crippen LogP contribution in [-0.2, 0) is 4.79 Å². The molecule has 0 radical (unpaired) electrons. The van der Waals surface area contributed by atoms with Crippen molar-refractivity contribution in [3.05, 3.63) is 29.8 Å². The first kappa shape index (κ1) is 14.4. The Kier molecular flexibility index (Phi) is 3.89. The zero-order valence-corrected chi connectivity index (χ0v) is 12.5. The Hall–Kier alpha value is -1.55. The number of benzene rings is 1. The number of piperidine rings is 1. The Morgan fingerprint density at radius 1 is 1.38 bits per heavy atom. The number of hydrogen-bond acceptors (Lipinski definition) is 3. The van der Waals surface area contributed by atoms with Gasteiger partial charge in [-0.1, -0.05) is 25.1 Å². The van der Waals surface area contributed by atoms with E-state index in [2.05, 4.69) is 17.0 Å². The van der Waals surface area contributed by atoms with Gasteiger partial charge in [-0.05, 0) is 38.4 Å². The van der Waals surface area contributed by atoms with Crippen LogP contribution in [0.5, 0.6) is 5.75 Å². The summed E-state index contributed by atoms with van der Waals surface area (Å²) in [5, 5.41) is 9.50. The number of likely N-dealkylation sites (tertiary alicyclic amines) is 1. The van der Waals surface area contributed by atoms with E-state index in [4.69, 9.17) is 4.74 Å². The molecule has 0 spiro atoms. The normalized spacial score (nSPS) is 24.9. The van der Waals surface area contributed by atoms with Crippen LogP contribution in [0.4, 0.5) is 0 Å². The van der Waals surface area contributed by atoms with Crippen molar-refractivity contribution in [2.24, 2.45) is 5.41 Å². The molecule has 2 heterocycles. The Labute approximate surface area is 125 Å². The largest absolute Gasteiger partial charge is 0.493 e. The number of carbonyl (C=O) groups is 1. The zero-order valence-electron chi connectivity index (χ0n) is 12.5. The molecule has 1 N–H and O–H groups in total. The summed E-state index contributed by atoms with van der Waals surface area (Å²) in [4.78, 5) is 14.0. The van der Waals surface area contributed by atoms with Crippen LogP contribution in [-0.4, -0.2) is 35.7 Å². The van der Waals surface area contributed by atoms with Crippen molar-refractivity contribution in [1.82, 2.24) is 4.90 Å². The number of nitrogens with zero attached hydrogens (tertiary/aromatic N) is 1. The van der Waals surface area contributed by atoms with Gasteiger partial charge >= 0.3 is 5.97 Å². The predicted molar refractivity (Wildman–Crippen MR) is 80.5 cm³/mol. The second-order valence-corrected chi connectivity index (χ2v) is 6.17. The van der Waals surface area contributed by atoms with Crippen LogP contribution in [0.15, 0.2) is 24.3 Å². The molecule has 3 rings (SSSR count). The lowest BCUT2D eigenvalue weighted by Crippen LogP contribution is -2.46. The van der Waals surface area contributed by atoms with E-state index in [0.29, 0.717) is 6.04 Å². The SMILES string of the molecule is CCC1(C(=O)O)CCN(C2CCOc3ccccc32)CC1. The number of hydrogen-bond donors (Lipinski definition) is 1. The number of aliphatic carboxylic acids is 1. The molecule has 1 atom stereocenters. The molecule has 2 aliphatic heterocycles. The Balaban J connectivity index is 1.75. The molecule has 0 saturated carbocycles. The van der Waals surface area contributed by atoms with E-state index in [1.54, 1.807) is 0 Å². The van der Waals surface area contributed by atoms with E-state index >= 15 is 0 Å². The highest BCUT2D eigenvalue weighted by molar-refractivity contribution is 5.74. The second-order valence-electron chi connectivity index (χ2n) is 6.17. The third-order valence-corrected chi connectivity index (χ3v) is 5.25. The molecule has 1 fully saturated rings. The molecule has 2 aliphatic rings. The van der Waals surface area contributed by atoms with Crippen molar-refractivity contribution in [2.75, 3.05) is 19.7 Å². The third-order valence-electron chi connectivity index (χ3n) is 5.25. The highest BCUT2D eigenvalue weighted by atomic mass is 16.5. The summed E-state index contributed by atoms with van der Waals surface area (Å²) in [6, 6.07) is 8.59. The maximum absolute atomic E-state index is 11.6.